The second-order valence-electron chi connectivity index (χ2n) is 5.81. The average molecular weight is 337 g/mol. The van der Waals surface area contributed by atoms with Crippen molar-refractivity contribution in [1.82, 2.24) is 14.9 Å². The Bertz CT molecular complexity index is 835. The minimum atomic E-state index is -1.40. The molecule has 0 aromatic carbocycles. The molecule has 124 valence electrons. The van der Waals surface area contributed by atoms with Gasteiger partial charge in [0.25, 0.3) is 5.56 Å². The van der Waals surface area contributed by atoms with Gasteiger partial charge in [-0.1, -0.05) is 6.92 Å². The van der Waals surface area contributed by atoms with Gasteiger partial charge in [-0.2, -0.15) is 0 Å². The Morgan fingerprint density at radius 3 is 2.65 bits per heavy atom. The van der Waals surface area contributed by atoms with Crippen molar-refractivity contribution >= 4 is 33.4 Å². The number of aromatic nitrogens is 2. The largest absolute Gasteiger partial charge is 0.480 e. The van der Waals surface area contributed by atoms with Gasteiger partial charge < -0.3 is 10.4 Å². The highest BCUT2D eigenvalue weighted by molar-refractivity contribution is 7.18. The van der Waals surface area contributed by atoms with Crippen molar-refractivity contribution in [1.29, 1.82) is 0 Å². The van der Waals surface area contributed by atoms with Gasteiger partial charge in [0.1, 0.15) is 22.7 Å². The number of nitrogens with zero attached hydrogens (tertiary/aromatic N) is 2. The lowest BCUT2D eigenvalue weighted by Gasteiger charge is -2.21. The summed E-state index contributed by atoms with van der Waals surface area (Å²) in [7, 11) is 0. The maximum absolute atomic E-state index is 12.5. The molecule has 0 bridgehead atoms. The van der Waals surface area contributed by atoms with Crippen LogP contribution in [0.2, 0.25) is 0 Å². The number of rotatable bonds is 5. The van der Waals surface area contributed by atoms with E-state index in [-0.39, 0.29) is 12.1 Å². The molecule has 0 aliphatic rings. The molecule has 0 saturated heterocycles. The molecule has 0 aliphatic heterocycles. The van der Waals surface area contributed by atoms with E-state index in [0.29, 0.717) is 16.0 Å². The van der Waals surface area contributed by atoms with Crippen LogP contribution in [0, 0.1) is 6.92 Å². The molecule has 2 rings (SSSR count). The molecular weight excluding hydrogens is 318 g/mol. The van der Waals surface area contributed by atoms with Crippen molar-refractivity contribution in [3.05, 3.63) is 27.1 Å². The van der Waals surface area contributed by atoms with Crippen LogP contribution in [0.1, 0.15) is 31.5 Å². The third kappa shape index (κ3) is 3.42. The normalized spacial score (nSPS) is 11.7. The van der Waals surface area contributed by atoms with Crippen LogP contribution in [0.5, 0.6) is 0 Å². The van der Waals surface area contributed by atoms with E-state index in [9.17, 15) is 14.4 Å². The number of carbonyl (C=O) groups excluding carboxylic acids is 1. The van der Waals surface area contributed by atoms with Gasteiger partial charge in [0, 0.05) is 4.88 Å². The predicted octanol–water partition coefficient (Wildman–Crippen LogP) is 1.31. The quantitative estimate of drug-likeness (QED) is 0.856. The van der Waals surface area contributed by atoms with E-state index in [1.54, 1.807) is 13.0 Å². The Kier molecular flexibility index (Phi) is 4.56. The molecule has 2 N–H and O–H groups in total. The zero-order valence-electron chi connectivity index (χ0n) is 13.5. The standard InChI is InChI=1S/C15H19N3O4S/c1-5-9-6-10-12(23-9)16-8(2)18(13(10)20)7-11(19)17-15(3,4)14(21)22/h6H,5,7H2,1-4H3,(H,17,19)(H,21,22). The summed E-state index contributed by atoms with van der Waals surface area (Å²) in [5.74, 6) is -1.26. The van der Waals surface area contributed by atoms with E-state index in [1.807, 2.05) is 6.92 Å². The Morgan fingerprint density at radius 1 is 1.43 bits per heavy atom. The summed E-state index contributed by atoms with van der Waals surface area (Å²) in [5, 5.41) is 11.9. The minimum Gasteiger partial charge on any atom is -0.480 e. The van der Waals surface area contributed by atoms with Crippen molar-refractivity contribution in [2.45, 2.75) is 46.2 Å². The zero-order valence-corrected chi connectivity index (χ0v) is 14.3. The molecule has 2 aromatic rings. The molecule has 0 atom stereocenters. The van der Waals surface area contributed by atoms with Gasteiger partial charge in [-0.15, -0.1) is 11.3 Å². The molecule has 0 radical (unpaired) electrons. The SMILES string of the molecule is CCc1cc2c(=O)n(CC(=O)NC(C)(C)C(=O)O)c(C)nc2s1. The molecule has 0 aliphatic carbocycles. The van der Waals surface area contributed by atoms with E-state index in [1.165, 1.54) is 29.8 Å². The topological polar surface area (TPSA) is 101 Å². The molecule has 2 aromatic heterocycles. The fraction of sp³-hybridized carbons (Fsp3) is 0.467. The molecule has 0 unspecified atom stereocenters. The Labute approximate surface area is 137 Å². The molecular formula is C15H19N3O4S. The van der Waals surface area contributed by atoms with Crippen LogP contribution in [0.3, 0.4) is 0 Å². The van der Waals surface area contributed by atoms with Crippen LogP contribution < -0.4 is 10.9 Å². The van der Waals surface area contributed by atoms with Gasteiger partial charge >= 0.3 is 5.97 Å². The summed E-state index contributed by atoms with van der Waals surface area (Å²) in [6, 6.07) is 1.80. The second kappa shape index (κ2) is 6.11. The van der Waals surface area contributed by atoms with Crippen molar-refractivity contribution in [2.24, 2.45) is 0 Å². The van der Waals surface area contributed by atoms with E-state index >= 15 is 0 Å². The number of nitrogens with one attached hydrogen (secondary N) is 1. The third-order valence-corrected chi connectivity index (χ3v) is 4.70. The van der Waals surface area contributed by atoms with Crippen molar-refractivity contribution < 1.29 is 14.7 Å². The molecule has 1 amide bonds. The summed E-state index contributed by atoms with van der Waals surface area (Å²) in [6.07, 6.45) is 0.812. The number of carboxylic acid groups (broad SMARTS) is 1. The van der Waals surface area contributed by atoms with Crippen LogP contribution in [-0.4, -0.2) is 32.1 Å². The fourth-order valence-electron chi connectivity index (χ4n) is 2.11. The molecule has 0 fully saturated rings. The molecule has 23 heavy (non-hydrogen) atoms. The van der Waals surface area contributed by atoms with Crippen molar-refractivity contribution in [3.63, 3.8) is 0 Å². The maximum atomic E-state index is 12.5. The third-order valence-electron chi connectivity index (χ3n) is 3.53. The molecule has 0 spiro atoms. The molecule has 2 heterocycles. The first-order valence-corrected chi connectivity index (χ1v) is 8.01. The number of carbonyl (C=O) groups is 2. The first-order valence-electron chi connectivity index (χ1n) is 7.20. The van der Waals surface area contributed by atoms with Gasteiger partial charge in [-0.05, 0) is 33.3 Å². The Morgan fingerprint density at radius 2 is 2.09 bits per heavy atom. The van der Waals surface area contributed by atoms with Gasteiger partial charge in [0.2, 0.25) is 5.91 Å². The van der Waals surface area contributed by atoms with E-state index in [4.69, 9.17) is 5.11 Å². The monoisotopic (exact) mass is 337 g/mol. The van der Waals surface area contributed by atoms with Crippen molar-refractivity contribution in [3.8, 4) is 0 Å². The molecule has 7 nitrogen and oxygen atoms in total. The maximum Gasteiger partial charge on any atom is 0.328 e. The minimum absolute atomic E-state index is 0.262. The van der Waals surface area contributed by atoms with E-state index in [0.717, 1.165) is 11.3 Å². The highest BCUT2D eigenvalue weighted by Gasteiger charge is 2.29. The average Bonchev–Trinajstić information content (AvgIpc) is 2.86. The lowest BCUT2D eigenvalue weighted by atomic mass is 10.1. The van der Waals surface area contributed by atoms with Crippen LogP contribution in [0.25, 0.3) is 10.2 Å². The van der Waals surface area contributed by atoms with Gasteiger partial charge in [-0.25, -0.2) is 9.78 Å². The smallest absolute Gasteiger partial charge is 0.328 e. The first kappa shape index (κ1) is 17.1. The zero-order chi connectivity index (χ0) is 17.4. The van der Waals surface area contributed by atoms with Crippen LogP contribution >= 0.6 is 11.3 Å². The number of amides is 1. The molecule has 0 saturated carbocycles. The number of fused-ring (bicyclic) bond motifs is 1. The molecule has 8 heteroatoms. The number of carboxylic acids is 1. The highest BCUT2D eigenvalue weighted by atomic mass is 32.1. The van der Waals surface area contributed by atoms with Crippen LogP contribution in [0.4, 0.5) is 0 Å². The van der Waals surface area contributed by atoms with Crippen LogP contribution in [-0.2, 0) is 22.6 Å². The van der Waals surface area contributed by atoms with Gasteiger partial charge in [0.05, 0.1) is 5.39 Å². The lowest BCUT2D eigenvalue weighted by Crippen LogP contribution is -2.51. The Balaban J connectivity index is 2.35. The van der Waals surface area contributed by atoms with E-state index < -0.39 is 17.4 Å². The van der Waals surface area contributed by atoms with Crippen LogP contribution in [0.15, 0.2) is 10.9 Å². The summed E-state index contributed by atoms with van der Waals surface area (Å²) in [6.45, 7) is 6.16. The number of hydrogen-bond acceptors (Lipinski definition) is 5. The summed E-state index contributed by atoms with van der Waals surface area (Å²) >= 11 is 1.46. The number of hydrogen-bond donors (Lipinski definition) is 2. The van der Waals surface area contributed by atoms with Gasteiger partial charge in [-0.3, -0.25) is 14.2 Å². The summed E-state index contributed by atoms with van der Waals surface area (Å²) in [4.78, 5) is 41.8. The fourth-order valence-corrected chi connectivity index (χ4v) is 3.12. The van der Waals surface area contributed by atoms with Crippen molar-refractivity contribution in [2.75, 3.05) is 0 Å². The first-order chi connectivity index (χ1) is 10.7. The number of aliphatic carboxylic acids is 1. The second-order valence-corrected chi connectivity index (χ2v) is 6.93. The summed E-state index contributed by atoms with van der Waals surface area (Å²) in [5.41, 5.74) is -1.68. The number of thiophene rings is 1. The van der Waals surface area contributed by atoms with Gasteiger partial charge in [0.15, 0.2) is 0 Å². The summed E-state index contributed by atoms with van der Waals surface area (Å²) < 4.78 is 1.27. The Hall–Kier alpha value is -2.22. The van der Waals surface area contributed by atoms with E-state index in [2.05, 4.69) is 10.3 Å². The highest BCUT2D eigenvalue weighted by Crippen LogP contribution is 2.21. The lowest BCUT2D eigenvalue weighted by molar-refractivity contribution is -0.146. The number of aryl methyl sites for hydroxylation is 2. The predicted molar refractivity (Wildman–Crippen MR) is 87.9 cm³/mol.